The van der Waals surface area contributed by atoms with E-state index in [1.807, 2.05) is 36.5 Å². The summed E-state index contributed by atoms with van der Waals surface area (Å²) in [7, 11) is -4.76. The van der Waals surface area contributed by atoms with E-state index in [-0.39, 0.29) is 19.4 Å². The van der Waals surface area contributed by atoms with Crippen molar-refractivity contribution in [3.63, 3.8) is 0 Å². The first-order chi connectivity index (χ1) is 23.3. The van der Waals surface area contributed by atoms with Gasteiger partial charge in [-0.05, 0) is 57.8 Å². The molecule has 0 saturated heterocycles. The molecule has 0 bridgehead atoms. The molecule has 0 aliphatic carbocycles. The Kier molecular flexibility index (Phi) is 33.0. The minimum Gasteiger partial charge on any atom is -0.462 e. The molecule has 0 heterocycles. The summed E-state index contributed by atoms with van der Waals surface area (Å²) in [5.74, 6) is -0.935. The van der Waals surface area contributed by atoms with Gasteiger partial charge in [0.2, 0.25) is 0 Å². The van der Waals surface area contributed by atoms with Crippen molar-refractivity contribution in [2.75, 3.05) is 13.2 Å². The molecule has 8 nitrogen and oxygen atoms in total. The quantitative estimate of drug-likeness (QED) is 0.0229. The first-order valence-electron chi connectivity index (χ1n) is 18.6. The number of hydrogen-bond acceptors (Lipinski definition) is 6. The molecule has 2 N–H and O–H groups in total. The summed E-state index contributed by atoms with van der Waals surface area (Å²) in [6, 6.07) is 0. The average molecular weight is 695 g/mol. The van der Waals surface area contributed by atoms with Crippen LogP contribution in [-0.4, -0.2) is 41.0 Å². The Labute approximate surface area is 292 Å². The van der Waals surface area contributed by atoms with E-state index in [4.69, 9.17) is 19.3 Å². The molecule has 48 heavy (non-hydrogen) atoms. The standard InChI is InChI=1S/C39H67O8P/c1-3-5-7-9-11-13-15-17-19-21-23-25-27-29-31-33-38(40)45-35-37(36-46-48(42,43)44)47-39(41)34-32-30-28-26-24-22-20-18-16-14-12-10-8-6-4-2/h6,8,10,12,14,16,18,20-21,23,37H,3-5,7,9,11,13,15,17,19,22,24-36H2,1-2H3,(H2,42,43,44)/b8-6+,12-10+,16-14+,20-18+,23-21+/t37-/m1/s1. The summed E-state index contributed by atoms with van der Waals surface area (Å²) in [6.45, 7) is 3.49. The predicted octanol–water partition coefficient (Wildman–Crippen LogP) is 11.0. The van der Waals surface area contributed by atoms with Crippen molar-refractivity contribution in [2.45, 2.75) is 161 Å². The van der Waals surface area contributed by atoms with Gasteiger partial charge < -0.3 is 19.3 Å². The Morgan fingerprint density at radius 2 is 1.02 bits per heavy atom. The van der Waals surface area contributed by atoms with Crippen molar-refractivity contribution >= 4 is 19.8 Å². The fourth-order valence-corrected chi connectivity index (χ4v) is 5.21. The van der Waals surface area contributed by atoms with Gasteiger partial charge in [0.05, 0.1) is 6.61 Å². The third-order valence-electron chi connectivity index (χ3n) is 7.61. The van der Waals surface area contributed by atoms with Gasteiger partial charge in [-0.2, -0.15) is 0 Å². The van der Waals surface area contributed by atoms with E-state index in [0.29, 0.717) is 12.8 Å². The number of phosphoric ester groups is 1. The van der Waals surface area contributed by atoms with Gasteiger partial charge in [-0.3, -0.25) is 14.1 Å². The minimum atomic E-state index is -4.76. The lowest BCUT2D eigenvalue weighted by atomic mass is 10.1. The van der Waals surface area contributed by atoms with Crippen LogP contribution in [0.1, 0.15) is 155 Å². The second-order valence-corrected chi connectivity index (χ2v) is 13.5. The molecule has 0 aliphatic heterocycles. The number of allylic oxidation sites excluding steroid dienone is 10. The second kappa shape index (κ2) is 34.6. The van der Waals surface area contributed by atoms with Crippen LogP contribution in [0.25, 0.3) is 0 Å². The highest BCUT2D eigenvalue weighted by atomic mass is 31.2. The molecule has 0 aromatic heterocycles. The zero-order valence-corrected chi connectivity index (χ0v) is 31.0. The molecule has 0 aromatic carbocycles. The zero-order valence-electron chi connectivity index (χ0n) is 30.1. The van der Waals surface area contributed by atoms with Crippen LogP contribution in [0.15, 0.2) is 60.8 Å². The van der Waals surface area contributed by atoms with E-state index < -0.39 is 32.5 Å². The van der Waals surface area contributed by atoms with Crippen molar-refractivity contribution < 1.29 is 37.9 Å². The number of hydrogen-bond donors (Lipinski definition) is 2. The van der Waals surface area contributed by atoms with E-state index in [1.165, 1.54) is 51.4 Å². The zero-order chi connectivity index (χ0) is 35.4. The second-order valence-electron chi connectivity index (χ2n) is 12.3. The summed E-state index contributed by atoms with van der Waals surface area (Å²) in [6.07, 6.45) is 42.2. The molecule has 0 aromatic rings. The Hall–Kier alpha value is -2.25. The van der Waals surface area contributed by atoms with Gasteiger partial charge in [-0.1, -0.05) is 145 Å². The highest BCUT2D eigenvalue weighted by molar-refractivity contribution is 7.46. The number of esters is 2. The first kappa shape index (κ1) is 45.8. The summed E-state index contributed by atoms with van der Waals surface area (Å²) in [4.78, 5) is 42.7. The van der Waals surface area contributed by atoms with Crippen LogP contribution >= 0.6 is 7.82 Å². The highest BCUT2D eigenvalue weighted by Gasteiger charge is 2.22. The number of carbonyl (C=O) groups excluding carboxylic acids is 2. The van der Waals surface area contributed by atoms with Gasteiger partial charge in [0.1, 0.15) is 6.61 Å². The molecule has 9 heteroatoms. The summed E-state index contributed by atoms with van der Waals surface area (Å²) in [5, 5.41) is 0. The lowest BCUT2D eigenvalue weighted by Crippen LogP contribution is -2.29. The third-order valence-corrected chi connectivity index (χ3v) is 8.10. The van der Waals surface area contributed by atoms with Crippen molar-refractivity contribution in [3.05, 3.63) is 60.8 Å². The van der Waals surface area contributed by atoms with E-state index in [9.17, 15) is 14.2 Å². The van der Waals surface area contributed by atoms with Crippen LogP contribution in [0.4, 0.5) is 0 Å². The van der Waals surface area contributed by atoms with E-state index in [1.54, 1.807) is 0 Å². The molecule has 0 spiro atoms. The minimum absolute atomic E-state index is 0.180. The molecule has 1 atom stereocenters. The smallest absolute Gasteiger partial charge is 0.462 e. The molecule has 0 aliphatic rings. The fraction of sp³-hybridized carbons (Fsp3) is 0.692. The third kappa shape index (κ3) is 36.6. The first-order valence-corrected chi connectivity index (χ1v) is 20.2. The predicted molar refractivity (Wildman–Crippen MR) is 197 cm³/mol. The molecule has 0 radical (unpaired) electrons. The maximum atomic E-state index is 12.3. The number of carbonyl (C=O) groups is 2. The SMILES string of the molecule is CC/C=C/C=C/C=C/C=C/CCCCCCCC(=O)O[C@H](COC(=O)CCCCC/C=C/CCCCCCCCCC)COP(=O)(O)O. The van der Waals surface area contributed by atoms with Crippen molar-refractivity contribution in [3.8, 4) is 0 Å². The van der Waals surface area contributed by atoms with Crippen LogP contribution in [0.2, 0.25) is 0 Å². The van der Waals surface area contributed by atoms with Gasteiger partial charge in [0.25, 0.3) is 0 Å². The molecule has 0 fully saturated rings. The molecule has 276 valence electrons. The van der Waals surface area contributed by atoms with Crippen LogP contribution in [-0.2, 0) is 28.2 Å². The van der Waals surface area contributed by atoms with Crippen LogP contribution in [0.5, 0.6) is 0 Å². The van der Waals surface area contributed by atoms with Crippen LogP contribution in [0.3, 0.4) is 0 Å². The van der Waals surface area contributed by atoms with Gasteiger partial charge in [0.15, 0.2) is 6.10 Å². The molecular formula is C39H67O8P. The van der Waals surface area contributed by atoms with E-state index >= 15 is 0 Å². The molecule has 0 amide bonds. The van der Waals surface area contributed by atoms with E-state index in [2.05, 4.69) is 42.7 Å². The molecule has 0 rings (SSSR count). The van der Waals surface area contributed by atoms with Crippen LogP contribution in [0, 0.1) is 0 Å². The highest BCUT2D eigenvalue weighted by Crippen LogP contribution is 2.36. The maximum Gasteiger partial charge on any atom is 0.469 e. The Bertz CT molecular complexity index is 963. The number of unbranched alkanes of at least 4 members (excludes halogenated alkanes) is 16. The summed E-state index contributed by atoms with van der Waals surface area (Å²) in [5.41, 5.74) is 0. The normalized spacial score (nSPS) is 13.2. The Morgan fingerprint density at radius 1 is 0.562 bits per heavy atom. The topological polar surface area (TPSA) is 119 Å². The van der Waals surface area contributed by atoms with Gasteiger partial charge in [-0.25, -0.2) is 4.57 Å². The maximum absolute atomic E-state index is 12.3. The van der Waals surface area contributed by atoms with Gasteiger partial charge in [-0.15, -0.1) is 0 Å². The van der Waals surface area contributed by atoms with Crippen LogP contribution < -0.4 is 0 Å². The lowest BCUT2D eigenvalue weighted by Gasteiger charge is -2.18. The van der Waals surface area contributed by atoms with Crippen molar-refractivity contribution in [1.29, 1.82) is 0 Å². The summed E-state index contributed by atoms with van der Waals surface area (Å²) < 4.78 is 26.3. The molecular weight excluding hydrogens is 627 g/mol. The number of ether oxygens (including phenoxy) is 2. The molecule has 0 unspecified atom stereocenters. The lowest BCUT2D eigenvalue weighted by molar-refractivity contribution is -0.161. The van der Waals surface area contributed by atoms with Crippen molar-refractivity contribution in [1.82, 2.24) is 0 Å². The van der Waals surface area contributed by atoms with Crippen molar-refractivity contribution in [2.24, 2.45) is 0 Å². The fourth-order valence-electron chi connectivity index (χ4n) is 4.85. The Morgan fingerprint density at radius 3 is 1.58 bits per heavy atom. The number of rotatable bonds is 33. The average Bonchev–Trinajstić information content (AvgIpc) is 3.05. The van der Waals surface area contributed by atoms with Gasteiger partial charge in [0, 0.05) is 12.8 Å². The van der Waals surface area contributed by atoms with E-state index in [0.717, 1.165) is 64.2 Å². The number of phosphoric acid groups is 1. The van der Waals surface area contributed by atoms with Gasteiger partial charge >= 0.3 is 19.8 Å². The Balaban J connectivity index is 4.05. The largest absolute Gasteiger partial charge is 0.469 e. The summed E-state index contributed by atoms with van der Waals surface area (Å²) >= 11 is 0. The monoisotopic (exact) mass is 694 g/mol. The molecule has 0 saturated carbocycles.